The topological polar surface area (TPSA) is 32.3 Å². The zero-order chi connectivity index (χ0) is 15.5. The molecule has 0 aliphatic rings. The summed E-state index contributed by atoms with van der Waals surface area (Å²) in [5.74, 6) is -0.0534. The molecule has 0 atom stereocenters. The van der Waals surface area contributed by atoms with Gasteiger partial charge in [-0.25, -0.2) is 4.39 Å². The standard InChI is InChI=1S/C17H27FN2O.ClH/c1-3-4-5-13-20(17(21)7-6-12-19-2)14-15-8-10-16(18)11-9-15;/h8-11,19H,3-7,12-14H2,1-2H3;1H. The normalized spacial score (nSPS) is 10.1. The number of hydrogen-bond donors (Lipinski definition) is 1. The molecule has 0 aliphatic carbocycles. The smallest absolute Gasteiger partial charge is 0.222 e. The van der Waals surface area contributed by atoms with Crippen LogP contribution < -0.4 is 5.32 Å². The number of halogens is 2. The van der Waals surface area contributed by atoms with Gasteiger partial charge in [0.05, 0.1) is 0 Å². The first-order valence-corrected chi connectivity index (χ1v) is 7.84. The lowest BCUT2D eigenvalue weighted by Gasteiger charge is -2.23. The quantitative estimate of drug-likeness (QED) is 0.662. The Bertz CT molecular complexity index is 412. The summed E-state index contributed by atoms with van der Waals surface area (Å²) in [4.78, 5) is 14.2. The van der Waals surface area contributed by atoms with E-state index in [0.29, 0.717) is 13.0 Å². The Morgan fingerprint density at radius 1 is 1.18 bits per heavy atom. The van der Waals surface area contributed by atoms with Crippen molar-refractivity contribution in [1.29, 1.82) is 0 Å². The van der Waals surface area contributed by atoms with Crippen LogP contribution >= 0.6 is 12.4 Å². The third-order valence-corrected chi connectivity index (χ3v) is 3.49. The summed E-state index contributed by atoms with van der Waals surface area (Å²) in [5.41, 5.74) is 0.981. The van der Waals surface area contributed by atoms with Crippen LogP contribution in [-0.2, 0) is 11.3 Å². The Labute approximate surface area is 139 Å². The SMILES string of the molecule is CCCCCN(Cc1ccc(F)cc1)C(=O)CCCNC.Cl. The third-order valence-electron chi connectivity index (χ3n) is 3.49. The van der Waals surface area contributed by atoms with Gasteiger partial charge in [-0.3, -0.25) is 4.79 Å². The lowest BCUT2D eigenvalue weighted by molar-refractivity contribution is -0.132. The van der Waals surface area contributed by atoms with Crippen LogP contribution in [0.1, 0.15) is 44.6 Å². The maximum absolute atomic E-state index is 12.9. The Hall–Kier alpha value is -1.13. The molecule has 0 saturated heterocycles. The van der Waals surface area contributed by atoms with Gasteiger partial charge < -0.3 is 10.2 Å². The second-order valence-electron chi connectivity index (χ2n) is 5.36. The molecule has 1 amide bonds. The summed E-state index contributed by atoms with van der Waals surface area (Å²) in [5, 5.41) is 3.06. The van der Waals surface area contributed by atoms with Crippen molar-refractivity contribution in [1.82, 2.24) is 10.2 Å². The van der Waals surface area contributed by atoms with Crippen molar-refractivity contribution >= 4 is 18.3 Å². The molecule has 0 fully saturated rings. The van der Waals surface area contributed by atoms with Crippen LogP contribution in [0.2, 0.25) is 0 Å². The van der Waals surface area contributed by atoms with E-state index in [9.17, 15) is 9.18 Å². The Morgan fingerprint density at radius 2 is 1.86 bits per heavy atom. The molecule has 1 rings (SSSR count). The molecule has 0 saturated carbocycles. The van der Waals surface area contributed by atoms with Gasteiger partial charge in [0.2, 0.25) is 5.91 Å². The summed E-state index contributed by atoms with van der Waals surface area (Å²) >= 11 is 0. The number of carbonyl (C=O) groups excluding carboxylic acids is 1. The molecular weight excluding hydrogens is 303 g/mol. The van der Waals surface area contributed by atoms with Crippen LogP contribution in [-0.4, -0.2) is 30.9 Å². The van der Waals surface area contributed by atoms with Gasteiger partial charge in [-0.05, 0) is 44.1 Å². The molecule has 0 radical (unpaired) electrons. The van der Waals surface area contributed by atoms with Crippen molar-refractivity contribution in [2.24, 2.45) is 0 Å². The first-order valence-electron chi connectivity index (χ1n) is 7.84. The van der Waals surface area contributed by atoms with E-state index >= 15 is 0 Å². The van der Waals surface area contributed by atoms with Crippen molar-refractivity contribution in [2.75, 3.05) is 20.1 Å². The zero-order valence-corrected chi connectivity index (χ0v) is 14.4. The lowest BCUT2D eigenvalue weighted by Crippen LogP contribution is -2.31. The second-order valence-corrected chi connectivity index (χ2v) is 5.36. The molecular formula is C17H28ClFN2O. The van der Waals surface area contributed by atoms with E-state index in [1.807, 2.05) is 11.9 Å². The van der Waals surface area contributed by atoms with Crippen LogP contribution in [0.15, 0.2) is 24.3 Å². The molecule has 0 unspecified atom stereocenters. The molecule has 22 heavy (non-hydrogen) atoms. The second kappa shape index (κ2) is 12.4. The predicted octanol–water partition coefficient (Wildman–Crippen LogP) is 3.77. The van der Waals surface area contributed by atoms with E-state index in [4.69, 9.17) is 0 Å². The summed E-state index contributed by atoms with van der Waals surface area (Å²) in [7, 11) is 1.89. The molecule has 0 bridgehead atoms. The fourth-order valence-corrected chi connectivity index (χ4v) is 2.23. The molecule has 0 heterocycles. The zero-order valence-electron chi connectivity index (χ0n) is 13.6. The number of rotatable bonds is 10. The van der Waals surface area contributed by atoms with Crippen LogP contribution in [0, 0.1) is 5.82 Å². The van der Waals surface area contributed by atoms with E-state index in [1.54, 1.807) is 12.1 Å². The van der Waals surface area contributed by atoms with Gasteiger partial charge in [-0.2, -0.15) is 0 Å². The average molecular weight is 331 g/mol. The maximum Gasteiger partial charge on any atom is 0.222 e. The largest absolute Gasteiger partial charge is 0.338 e. The number of amides is 1. The van der Waals surface area contributed by atoms with E-state index in [0.717, 1.165) is 44.3 Å². The summed E-state index contributed by atoms with van der Waals surface area (Å²) in [6.07, 6.45) is 4.70. The minimum Gasteiger partial charge on any atom is -0.338 e. The van der Waals surface area contributed by atoms with Crippen molar-refractivity contribution in [3.05, 3.63) is 35.6 Å². The highest BCUT2D eigenvalue weighted by Gasteiger charge is 2.13. The molecule has 0 spiro atoms. The van der Waals surface area contributed by atoms with Gasteiger partial charge in [-0.15, -0.1) is 12.4 Å². The molecule has 1 aromatic rings. The minimum atomic E-state index is -0.239. The number of carbonyl (C=O) groups is 1. The molecule has 5 heteroatoms. The monoisotopic (exact) mass is 330 g/mol. The molecule has 1 N–H and O–H groups in total. The Balaban J connectivity index is 0.00000441. The highest BCUT2D eigenvalue weighted by atomic mass is 35.5. The fourth-order valence-electron chi connectivity index (χ4n) is 2.23. The number of nitrogens with zero attached hydrogens (tertiary/aromatic N) is 1. The van der Waals surface area contributed by atoms with Crippen molar-refractivity contribution in [3.8, 4) is 0 Å². The highest BCUT2D eigenvalue weighted by molar-refractivity contribution is 5.85. The van der Waals surface area contributed by atoms with Gasteiger partial charge in [0.1, 0.15) is 5.82 Å². The van der Waals surface area contributed by atoms with Crippen LogP contribution in [0.25, 0.3) is 0 Å². The van der Waals surface area contributed by atoms with Gasteiger partial charge >= 0.3 is 0 Å². The molecule has 0 aromatic heterocycles. The van der Waals surface area contributed by atoms with E-state index in [2.05, 4.69) is 12.2 Å². The van der Waals surface area contributed by atoms with Gasteiger partial charge in [0.25, 0.3) is 0 Å². The fraction of sp³-hybridized carbons (Fsp3) is 0.588. The third kappa shape index (κ3) is 8.35. The first kappa shape index (κ1) is 20.9. The Morgan fingerprint density at radius 3 is 2.45 bits per heavy atom. The van der Waals surface area contributed by atoms with Crippen molar-refractivity contribution < 1.29 is 9.18 Å². The number of hydrogen-bond acceptors (Lipinski definition) is 2. The summed E-state index contributed by atoms with van der Waals surface area (Å²) in [6, 6.07) is 6.40. The van der Waals surface area contributed by atoms with E-state index in [1.165, 1.54) is 12.1 Å². The Kier molecular flexibility index (Phi) is 11.8. The minimum absolute atomic E-state index is 0. The summed E-state index contributed by atoms with van der Waals surface area (Å²) < 4.78 is 12.9. The van der Waals surface area contributed by atoms with Gasteiger partial charge in [0.15, 0.2) is 0 Å². The van der Waals surface area contributed by atoms with E-state index < -0.39 is 0 Å². The van der Waals surface area contributed by atoms with Gasteiger partial charge in [-0.1, -0.05) is 31.9 Å². The van der Waals surface area contributed by atoms with Crippen molar-refractivity contribution in [2.45, 2.75) is 45.6 Å². The van der Waals surface area contributed by atoms with Crippen LogP contribution in [0.5, 0.6) is 0 Å². The van der Waals surface area contributed by atoms with Crippen molar-refractivity contribution in [3.63, 3.8) is 0 Å². The first-order chi connectivity index (χ1) is 10.2. The highest BCUT2D eigenvalue weighted by Crippen LogP contribution is 2.10. The molecule has 3 nitrogen and oxygen atoms in total. The molecule has 126 valence electrons. The van der Waals surface area contributed by atoms with E-state index in [-0.39, 0.29) is 24.1 Å². The van der Waals surface area contributed by atoms with Crippen LogP contribution in [0.3, 0.4) is 0 Å². The maximum atomic E-state index is 12.9. The number of nitrogens with one attached hydrogen (secondary N) is 1. The molecule has 1 aromatic carbocycles. The summed E-state index contributed by atoms with van der Waals surface area (Å²) in [6.45, 7) is 4.36. The predicted molar refractivity (Wildman–Crippen MR) is 91.8 cm³/mol. The average Bonchev–Trinajstić information content (AvgIpc) is 2.48. The number of unbranched alkanes of at least 4 members (excludes halogenated alkanes) is 2. The van der Waals surface area contributed by atoms with Crippen LogP contribution in [0.4, 0.5) is 4.39 Å². The lowest BCUT2D eigenvalue weighted by atomic mass is 10.1. The molecule has 0 aliphatic heterocycles. The number of benzene rings is 1. The van der Waals surface area contributed by atoms with Gasteiger partial charge in [0, 0.05) is 19.5 Å².